The maximum atomic E-state index is 10.7. The van der Waals surface area contributed by atoms with Crippen molar-refractivity contribution in [2.45, 2.75) is 13.8 Å². The number of esters is 1. The van der Waals surface area contributed by atoms with E-state index in [2.05, 4.69) is 6.58 Å². The van der Waals surface area contributed by atoms with E-state index in [0.717, 1.165) is 11.1 Å². The Hall–Kier alpha value is -1.57. The van der Waals surface area contributed by atoms with Gasteiger partial charge < -0.3 is 4.74 Å². The largest absolute Gasteiger partial charge is 0.427 e. The van der Waals surface area contributed by atoms with Gasteiger partial charge in [0.15, 0.2) is 0 Å². The normalized spacial score (nSPS) is 9.38. The van der Waals surface area contributed by atoms with E-state index < -0.39 is 0 Å². The highest BCUT2D eigenvalue weighted by atomic mass is 16.5. The Morgan fingerprint density at radius 1 is 1.38 bits per heavy atom. The maximum Gasteiger partial charge on any atom is 0.308 e. The average Bonchev–Trinajstić information content (AvgIpc) is 2.03. The molecule has 2 heteroatoms. The first-order valence-corrected chi connectivity index (χ1v) is 4.04. The van der Waals surface area contributed by atoms with Crippen molar-refractivity contribution in [3.63, 3.8) is 0 Å². The van der Waals surface area contributed by atoms with Gasteiger partial charge in [-0.1, -0.05) is 30.8 Å². The summed E-state index contributed by atoms with van der Waals surface area (Å²) in [5, 5.41) is 0. The molecule has 0 N–H and O–H groups in total. The van der Waals surface area contributed by atoms with Crippen molar-refractivity contribution in [1.29, 1.82) is 0 Å². The van der Waals surface area contributed by atoms with Crippen LogP contribution in [0.4, 0.5) is 0 Å². The molecule has 1 aromatic rings. The Morgan fingerprint density at radius 2 is 2.00 bits per heavy atom. The summed E-state index contributed by atoms with van der Waals surface area (Å²) in [6, 6.07) is 7.64. The molecule has 0 aromatic heterocycles. The van der Waals surface area contributed by atoms with Crippen LogP contribution in [0.1, 0.15) is 18.1 Å². The maximum absolute atomic E-state index is 10.7. The number of rotatable bonds is 2. The standard InChI is InChI=1S/C11H12O2/c1-8-6-4-5-7-11(8)9(2)13-10(3)12/h4-7H,2H2,1,3H3. The van der Waals surface area contributed by atoms with Gasteiger partial charge in [-0.3, -0.25) is 4.79 Å². The molecule has 0 amide bonds. The molecule has 0 unspecified atom stereocenters. The van der Waals surface area contributed by atoms with Crippen LogP contribution in [0, 0.1) is 6.92 Å². The van der Waals surface area contributed by atoms with Crippen LogP contribution in [0.2, 0.25) is 0 Å². The van der Waals surface area contributed by atoms with Gasteiger partial charge in [0, 0.05) is 12.5 Å². The Labute approximate surface area is 77.8 Å². The Kier molecular flexibility index (Phi) is 2.85. The summed E-state index contributed by atoms with van der Waals surface area (Å²) < 4.78 is 4.88. The molecule has 0 fully saturated rings. The molecule has 0 heterocycles. The van der Waals surface area contributed by atoms with E-state index in [-0.39, 0.29) is 5.97 Å². The van der Waals surface area contributed by atoms with Crippen LogP contribution in [0.25, 0.3) is 5.76 Å². The van der Waals surface area contributed by atoms with E-state index >= 15 is 0 Å². The van der Waals surface area contributed by atoms with Crippen LogP contribution < -0.4 is 0 Å². The average molecular weight is 176 g/mol. The third-order valence-electron chi connectivity index (χ3n) is 1.71. The molecule has 0 saturated carbocycles. The summed E-state index contributed by atoms with van der Waals surface area (Å²) in [4.78, 5) is 10.7. The van der Waals surface area contributed by atoms with Crippen molar-refractivity contribution in [1.82, 2.24) is 0 Å². The van der Waals surface area contributed by atoms with Crippen LogP contribution in [-0.2, 0) is 9.53 Å². The van der Waals surface area contributed by atoms with Gasteiger partial charge in [0.25, 0.3) is 0 Å². The molecule has 0 aliphatic rings. The van der Waals surface area contributed by atoms with E-state index in [1.54, 1.807) is 0 Å². The fourth-order valence-electron chi connectivity index (χ4n) is 1.11. The molecule has 13 heavy (non-hydrogen) atoms. The predicted molar refractivity (Wildman–Crippen MR) is 52.0 cm³/mol. The van der Waals surface area contributed by atoms with Crippen molar-refractivity contribution >= 4 is 11.7 Å². The number of carbonyl (C=O) groups is 1. The molecule has 0 bridgehead atoms. The first-order chi connectivity index (χ1) is 6.11. The molecule has 0 atom stereocenters. The first-order valence-electron chi connectivity index (χ1n) is 4.04. The zero-order valence-electron chi connectivity index (χ0n) is 7.83. The van der Waals surface area contributed by atoms with Gasteiger partial charge in [-0.2, -0.15) is 0 Å². The third kappa shape index (κ3) is 2.44. The Morgan fingerprint density at radius 3 is 2.54 bits per heavy atom. The summed E-state index contributed by atoms with van der Waals surface area (Å²) in [7, 11) is 0. The lowest BCUT2D eigenvalue weighted by atomic mass is 10.1. The molecule has 0 aliphatic heterocycles. The van der Waals surface area contributed by atoms with Gasteiger partial charge in [-0.15, -0.1) is 0 Å². The zero-order valence-corrected chi connectivity index (χ0v) is 7.83. The van der Waals surface area contributed by atoms with Gasteiger partial charge in [0.05, 0.1) is 0 Å². The molecule has 0 aliphatic carbocycles. The highest BCUT2D eigenvalue weighted by Gasteiger charge is 2.04. The fraction of sp³-hybridized carbons (Fsp3) is 0.182. The molecule has 2 nitrogen and oxygen atoms in total. The number of aryl methyl sites for hydroxylation is 1. The van der Waals surface area contributed by atoms with Crippen molar-refractivity contribution in [2.75, 3.05) is 0 Å². The minimum atomic E-state index is -0.340. The van der Waals surface area contributed by atoms with E-state index in [4.69, 9.17) is 4.74 Å². The number of benzene rings is 1. The smallest absolute Gasteiger partial charge is 0.308 e. The molecule has 68 valence electrons. The van der Waals surface area contributed by atoms with Crippen LogP contribution in [0.15, 0.2) is 30.8 Å². The van der Waals surface area contributed by atoms with E-state index in [0.29, 0.717) is 5.76 Å². The SMILES string of the molecule is C=C(OC(C)=O)c1ccccc1C. The number of hydrogen-bond donors (Lipinski definition) is 0. The molecule has 0 radical (unpaired) electrons. The van der Waals surface area contributed by atoms with Crippen LogP contribution in [0.3, 0.4) is 0 Å². The van der Waals surface area contributed by atoms with Gasteiger partial charge in [-0.25, -0.2) is 0 Å². The quantitative estimate of drug-likeness (QED) is 0.511. The second kappa shape index (κ2) is 3.90. The summed E-state index contributed by atoms with van der Waals surface area (Å²) in [6.07, 6.45) is 0. The first kappa shape index (κ1) is 9.52. The summed E-state index contributed by atoms with van der Waals surface area (Å²) in [6.45, 7) is 7.00. The van der Waals surface area contributed by atoms with E-state index in [1.807, 2.05) is 31.2 Å². The highest BCUT2D eigenvalue weighted by Crippen LogP contribution is 2.17. The molecule has 1 rings (SSSR count). The summed E-state index contributed by atoms with van der Waals surface area (Å²) in [5.41, 5.74) is 1.92. The second-order valence-electron chi connectivity index (χ2n) is 2.83. The van der Waals surface area contributed by atoms with Gasteiger partial charge in [0.2, 0.25) is 0 Å². The Bertz CT molecular complexity index is 340. The van der Waals surface area contributed by atoms with Crippen molar-refractivity contribution in [3.05, 3.63) is 42.0 Å². The van der Waals surface area contributed by atoms with Gasteiger partial charge in [0.1, 0.15) is 5.76 Å². The fourth-order valence-corrected chi connectivity index (χ4v) is 1.11. The van der Waals surface area contributed by atoms with Gasteiger partial charge >= 0.3 is 5.97 Å². The number of hydrogen-bond acceptors (Lipinski definition) is 2. The molecular formula is C11H12O2. The van der Waals surface area contributed by atoms with Crippen LogP contribution >= 0.6 is 0 Å². The van der Waals surface area contributed by atoms with Crippen LogP contribution in [0.5, 0.6) is 0 Å². The molecule has 1 aromatic carbocycles. The highest BCUT2D eigenvalue weighted by molar-refractivity contribution is 5.76. The van der Waals surface area contributed by atoms with Crippen molar-refractivity contribution in [3.8, 4) is 0 Å². The minimum Gasteiger partial charge on any atom is -0.427 e. The lowest BCUT2D eigenvalue weighted by molar-refractivity contribution is -0.134. The monoisotopic (exact) mass is 176 g/mol. The van der Waals surface area contributed by atoms with Gasteiger partial charge in [-0.05, 0) is 12.5 Å². The van der Waals surface area contributed by atoms with Crippen molar-refractivity contribution < 1.29 is 9.53 Å². The molecular weight excluding hydrogens is 164 g/mol. The zero-order chi connectivity index (χ0) is 9.84. The van der Waals surface area contributed by atoms with E-state index in [1.165, 1.54) is 6.92 Å². The van der Waals surface area contributed by atoms with Crippen LogP contribution in [-0.4, -0.2) is 5.97 Å². The number of carbonyl (C=O) groups excluding carboxylic acids is 1. The lowest BCUT2D eigenvalue weighted by Gasteiger charge is -2.07. The van der Waals surface area contributed by atoms with E-state index in [9.17, 15) is 4.79 Å². The van der Waals surface area contributed by atoms with Crippen molar-refractivity contribution in [2.24, 2.45) is 0 Å². The summed E-state index contributed by atoms with van der Waals surface area (Å²) in [5.74, 6) is 0.0684. The lowest BCUT2D eigenvalue weighted by Crippen LogP contribution is -1.98. The summed E-state index contributed by atoms with van der Waals surface area (Å²) >= 11 is 0. The molecule has 0 saturated heterocycles. The molecule has 0 spiro atoms. The minimum absolute atomic E-state index is 0.340. The third-order valence-corrected chi connectivity index (χ3v) is 1.71. The topological polar surface area (TPSA) is 26.3 Å². The second-order valence-corrected chi connectivity index (χ2v) is 2.83. The number of ether oxygens (including phenoxy) is 1. The Balaban J connectivity index is 2.89. The predicted octanol–water partition coefficient (Wildman–Crippen LogP) is 2.53.